The Morgan fingerprint density at radius 1 is 1.35 bits per heavy atom. The Morgan fingerprint density at radius 3 is 2.65 bits per heavy atom. The molecule has 2 rings (SSSR count). The van der Waals surface area contributed by atoms with Gasteiger partial charge in [0.15, 0.2) is 5.79 Å². The molecule has 2 saturated heterocycles. The molecule has 2 aliphatic heterocycles. The third-order valence-electron chi connectivity index (χ3n) is 3.91. The van der Waals surface area contributed by atoms with Crippen LogP contribution in [-0.2, 0) is 18.9 Å². The van der Waals surface area contributed by atoms with E-state index in [1.165, 1.54) is 0 Å². The van der Waals surface area contributed by atoms with Gasteiger partial charge in [0.1, 0.15) is 11.7 Å². The van der Waals surface area contributed by atoms with Gasteiger partial charge < -0.3 is 18.9 Å². The number of ether oxygens (including phenoxy) is 4. The molecule has 2 aliphatic rings. The monoisotopic (exact) mass is 282 g/mol. The molecule has 4 atom stereocenters. The zero-order valence-corrected chi connectivity index (χ0v) is 13.0. The van der Waals surface area contributed by atoms with Crippen LogP contribution in [0.1, 0.15) is 34.1 Å². The molecule has 0 saturated carbocycles. The molecule has 0 unspecified atom stereocenters. The third kappa shape index (κ3) is 3.14. The van der Waals surface area contributed by atoms with E-state index in [9.17, 15) is 0 Å². The standard InChI is InChI=1S/C16H26O4/c1-7-8-17-12-9-13-16(6,20-14(12)11(2)3)10-18-15(4,5)19-13/h7,12-14H,1-2,8-10H2,3-6H3/t12-,13+,14+,16-/m0/s1. The maximum Gasteiger partial charge on any atom is 0.163 e. The van der Waals surface area contributed by atoms with Gasteiger partial charge in [-0.25, -0.2) is 0 Å². The molecule has 2 heterocycles. The number of hydrogen-bond acceptors (Lipinski definition) is 4. The number of hydrogen-bond donors (Lipinski definition) is 0. The first-order valence-electron chi connectivity index (χ1n) is 7.15. The summed E-state index contributed by atoms with van der Waals surface area (Å²) in [6.45, 7) is 16.6. The first-order valence-corrected chi connectivity index (χ1v) is 7.15. The highest BCUT2D eigenvalue weighted by Crippen LogP contribution is 2.41. The molecule has 0 bridgehead atoms. The summed E-state index contributed by atoms with van der Waals surface area (Å²) < 4.78 is 23.9. The fourth-order valence-electron chi connectivity index (χ4n) is 2.78. The molecule has 20 heavy (non-hydrogen) atoms. The Morgan fingerprint density at radius 2 is 2.05 bits per heavy atom. The van der Waals surface area contributed by atoms with Crippen LogP contribution in [0.4, 0.5) is 0 Å². The Balaban J connectivity index is 2.16. The van der Waals surface area contributed by atoms with E-state index in [4.69, 9.17) is 18.9 Å². The van der Waals surface area contributed by atoms with Crippen LogP contribution in [0.25, 0.3) is 0 Å². The van der Waals surface area contributed by atoms with E-state index < -0.39 is 11.4 Å². The van der Waals surface area contributed by atoms with Crippen molar-refractivity contribution in [3.05, 3.63) is 24.8 Å². The van der Waals surface area contributed by atoms with Crippen molar-refractivity contribution in [2.75, 3.05) is 13.2 Å². The minimum absolute atomic E-state index is 0.0448. The topological polar surface area (TPSA) is 36.9 Å². The molecule has 0 aliphatic carbocycles. The van der Waals surface area contributed by atoms with Gasteiger partial charge in [0.05, 0.1) is 25.4 Å². The van der Waals surface area contributed by atoms with E-state index in [1.807, 2.05) is 27.7 Å². The molecule has 0 spiro atoms. The molecule has 0 aromatic rings. The van der Waals surface area contributed by atoms with Gasteiger partial charge in [-0.05, 0) is 33.3 Å². The van der Waals surface area contributed by atoms with E-state index in [0.717, 1.165) is 12.0 Å². The Kier molecular flexibility index (Phi) is 4.40. The molecular weight excluding hydrogens is 256 g/mol. The van der Waals surface area contributed by atoms with Crippen molar-refractivity contribution in [2.45, 2.75) is 63.8 Å². The minimum Gasteiger partial charge on any atom is -0.371 e. The molecular formula is C16H26O4. The molecule has 4 heteroatoms. The lowest BCUT2D eigenvalue weighted by molar-refractivity contribution is -0.365. The largest absolute Gasteiger partial charge is 0.371 e. The second-order valence-corrected chi connectivity index (χ2v) is 6.39. The van der Waals surface area contributed by atoms with Crippen molar-refractivity contribution < 1.29 is 18.9 Å². The summed E-state index contributed by atoms with van der Waals surface area (Å²) in [6, 6.07) is 0. The highest BCUT2D eigenvalue weighted by Gasteiger charge is 2.52. The van der Waals surface area contributed by atoms with Crippen LogP contribution >= 0.6 is 0 Å². The normalized spacial score (nSPS) is 39.9. The summed E-state index contributed by atoms with van der Waals surface area (Å²) >= 11 is 0. The molecule has 2 fully saturated rings. The summed E-state index contributed by atoms with van der Waals surface area (Å²) in [5.74, 6) is -0.577. The molecule has 0 aromatic heterocycles. The Labute approximate surface area is 121 Å². The van der Waals surface area contributed by atoms with Gasteiger partial charge in [0.2, 0.25) is 0 Å². The quantitative estimate of drug-likeness (QED) is 0.743. The zero-order chi connectivity index (χ0) is 15.0. The van der Waals surface area contributed by atoms with Crippen LogP contribution in [0.15, 0.2) is 24.8 Å². The second kappa shape index (κ2) is 5.60. The van der Waals surface area contributed by atoms with Crippen molar-refractivity contribution in [3.63, 3.8) is 0 Å². The lowest BCUT2D eigenvalue weighted by atomic mass is 9.86. The van der Waals surface area contributed by atoms with Crippen LogP contribution in [0.5, 0.6) is 0 Å². The molecule has 0 N–H and O–H groups in total. The van der Waals surface area contributed by atoms with Gasteiger partial charge >= 0.3 is 0 Å². The van der Waals surface area contributed by atoms with E-state index in [0.29, 0.717) is 13.2 Å². The summed E-state index contributed by atoms with van der Waals surface area (Å²) in [5.41, 5.74) is 0.510. The van der Waals surface area contributed by atoms with Gasteiger partial charge in [0.25, 0.3) is 0 Å². The van der Waals surface area contributed by atoms with E-state index in [1.54, 1.807) is 6.08 Å². The SMILES string of the molecule is C=CCO[C@H]1C[C@H]2OC(C)(C)OC[C@]2(C)O[C@@H]1C(=C)C. The Bertz CT molecular complexity index is 390. The van der Waals surface area contributed by atoms with Crippen LogP contribution in [0.2, 0.25) is 0 Å². The van der Waals surface area contributed by atoms with Crippen molar-refractivity contribution in [1.82, 2.24) is 0 Å². The predicted molar refractivity (Wildman–Crippen MR) is 77.6 cm³/mol. The van der Waals surface area contributed by atoms with Crippen LogP contribution in [-0.4, -0.2) is 42.9 Å². The zero-order valence-electron chi connectivity index (χ0n) is 13.0. The summed E-state index contributed by atoms with van der Waals surface area (Å²) in [5, 5.41) is 0. The first kappa shape index (κ1) is 15.7. The van der Waals surface area contributed by atoms with Crippen LogP contribution in [0, 0.1) is 0 Å². The molecule has 114 valence electrons. The van der Waals surface area contributed by atoms with Crippen LogP contribution < -0.4 is 0 Å². The van der Waals surface area contributed by atoms with Gasteiger partial charge in [0, 0.05) is 6.42 Å². The van der Waals surface area contributed by atoms with E-state index >= 15 is 0 Å². The number of fused-ring (bicyclic) bond motifs is 1. The lowest BCUT2D eigenvalue weighted by Gasteiger charge is -2.53. The highest BCUT2D eigenvalue weighted by molar-refractivity contribution is 5.09. The fraction of sp³-hybridized carbons (Fsp3) is 0.750. The van der Waals surface area contributed by atoms with E-state index in [2.05, 4.69) is 13.2 Å². The van der Waals surface area contributed by atoms with Gasteiger partial charge in [-0.3, -0.25) is 0 Å². The average molecular weight is 282 g/mol. The smallest absolute Gasteiger partial charge is 0.163 e. The highest BCUT2D eigenvalue weighted by atomic mass is 16.7. The van der Waals surface area contributed by atoms with Crippen LogP contribution in [0.3, 0.4) is 0 Å². The molecule has 0 aromatic carbocycles. The third-order valence-corrected chi connectivity index (χ3v) is 3.91. The second-order valence-electron chi connectivity index (χ2n) is 6.39. The maximum absolute atomic E-state index is 6.23. The predicted octanol–water partition coefficient (Wildman–Crippen LogP) is 2.83. The minimum atomic E-state index is -0.577. The molecule has 4 nitrogen and oxygen atoms in total. The lowest BCUT2D eigenvalue weighted by Crippen LogP contribution is -2.64. The van der Waals surface area contributed by atoms with Gasteiger partial charge in [-0.1, -0.05) is 12.7 Å². The summed E-state index contributed by atoms with van der Waals surface area (Å²) in [4.78, 5) is 0. The van der Waals surface area contributed by atoms with E-state index in [-0.39, 0.29) is 18.3 Å². The van der Waals surface area contributed by atoms with Crippen molar-refractivity contribution in [2.24, 2.45) is 0 Å². The van der Waals surface area contributed by atoms with Crippen molar-refractivity contribution in [1.29, 1.82) is 0 Å². The Hall–Kier alpha value is -0.680. The molecule has 0 amide bonds. The van der Waals surface area contributed by atoms with Crippen molar-refractivity contribution >= 4 is 0 Å². The maximum atomic E-state index is 6.23. The summed E-state index contributed by atoms with van der Waals surface area (Å²) in [6.07, 6.45) is 2.28. The van der Waals surface area contributed by atoms with Gasteiger partial charge in [-0.2, -0.15) is 0 Å². The van der Waals surface area contributed by atoms with Gasteiger partial charge in [-0.15, -0.1) is 6.58 Å². The average Bonchev–Trinajstić information content (AvgIpc) is 2.36. The number of rotatable bonds is 4. The fourth-order valence-corrected chi connectivity index (χ4v) is 2.78. The summed E-state index contributed by atoms with van der Waals surface area (Å²) in [7, 11) is 0. The first-order chi connectivity index (χ1) is 9.27. The van der Waals surface area contributed by atoms with Crippen molar-refractivity contribution in [3.8, 4) is 0 Å². The molecule has 0 radical (unpaired) electrons.